The van der Waals surface area contributed by atoms with E-state index in [-0.39, 0.29) is 30.5 Å². The summed E-state index contributed by atoms with van der Waals surface area (Å²) in [6.07, 6.45) is -1.35. The number of halogens is 5. The number of nitrogens with one attached hydrogen (secondary N) is 1. The third-order valence-corrected chi connectivity index (χ3v) is 5.67. The van der Waals surface area contributed by atoms with Crippen LogP contribution in [0.2, 0.25) is 0 Å². The normalized spacial score (nSPS) is 18.3. The number of hydrogen-bond donors (Lipinski definition) is 1. The molecule has 2 aromatic rings. The summed E-state index contributed by atoms with van der Waals surface area (Å²) < 4.78 is 66.8. The molecule has 4 heterocycles. The van der Waals surface area contributed by atoms with Crippen molar-refractivity contribution in [1.29, 1.82) is 0 Å². The summed E-state index contributed by atoms with van der Waals surface area (Å²) in [6.45, 7) is 2.05. The minimum Gasteiger partial charge on any atom is -0.350 e. The summed E-state index contributed by atoms with van der Waals surface area (Å²) in [7, 11) is 0. The molecule has 0 unspecified atom stereocenters. The Kier molecular flexibility index (Phi) is 5.98. The molecule has 0 saturated carbocycles. The van der Waals surface area contributed by atoms with Crippen LogP contribution in [0.25, 0.3) is 5.57 Å². The summed E-state index contributed by atoms with van der Waals surface area (Å²) >= 11 is 0. The Balaban J connectivity index is 1.67. The van der Waals surface area contributed by atoms with E-state index in [1.54, 1.807) is 17.0 Å². The van der Waals surface area contributed by atoms with Gasteiger partial charge in [0.15, 0.2) is 0 Å². The Bertz CT molecular complexity index is 1090. The molecule has 0 radical (unpaired) electrons. The van der Waals surface area contributed by atoms with Gasteiger partial charge in [-0.3, -0.25) is 4.79 Å². The first-order valence-corrected chi connectivity index (χ1v) is 10.4. The maximum atomic E-state index is 13.8. The van der Waals surface area contributed by atoms with Crippen molar-refractivity contribution in [3.63, 3.8) is 0 Å². The van der Waals surface area contributed by atoms with E-state index >= 15 is 0 Å². The lowest BCUT2D eigenvalue weighted by Crippen LogP contribution is -2.32. The van der Waals surface area contributed by atoms with E-state index in [2.05, 4.69) is 15.3 Å². The lowest BCUT2D eigenvalue weighted by atomic mass is 10.00. The van der Waals surface area contributed by atoms with Crippen molar-refractivity contribution in [2.75, 3.05) is 36.4 Å². The van der Waals surface area contributed by atoms with Crippen LogP contribution in [0.3, 0.4) is 0 Å². The van der Waals surface area contributed by atoms with Crippen LogP contribution in [0.15, 0.2) is 36.5 Å². The average Bonchev–Trinajstić information content (AvgIpc) is 3.13. The van der Waals surface area contributed by atoms with Crippen LogP contribution >= 0.6 is 0 Å². The summed E-state index contributed by atoms with van der Waals surface area (Å²) in [6, 6.07) is 5.07. The number of rotatable bonds is 4. The number of carbonyl (C=O) groups excluding carboxylic acids is 1. The van der Waals surface area contributed by atoms with Crippen LogP contribution in [0.1, 0.15) is 30.9 Å². The van der Waals surface area contributed by atoms with E-state index in [4.69, 9.17) is 0 Å². The van der Waals surface area contributed by atoms with Gasteiger partial charge < -0.3 is 15.1 Å². The zero-order chi connectivity index (χ0) is 23.8. The van der Waals surface area contributed by atoms with Crippen molar-refractivity contribution in [1.82, 2.24) is 14.9 Å². The molecule has 33 heavy (non-hydrogen) atoms. The highest BCUT2D eigenvalue weighted by Gasteiger charge is 2.39. The lowest BCUT2D eigenvalue weighted by Gasteiger charge is -2.26. The molecule has 11 heteroatoms. The first-order chi connectivity index (χ1) is 15.5. The average molecular weight is 467 g/mol. The van der Waals surface area contributed by atoms with Gasteiger partial charge in [0, 0.05) is 39.2 Å². The molecule has 1 saturated heterocycles. The molecule has 0 aromatic carbocycles. The molecule has 1 fully saturated rings. The molecular weight excluding hydrogens is 445 g/mol. The molecular formula is C22H22F5N5O. The maximum absolute atomic E-state index is 13.8. The van der Waals surface area contributed by atoms with E-state index in [0.29, 0.717) is 30.9 Å². The van der Waals surface area contributed by atoms with E-state index in [9.17, 15) is 26.7 Å². The van der Waals surface area contributed by atoms with Gasteiger partial charge in [0.25, 0.3) is 5.92 Å². The molecule has 2 aromatic heterocycles. The first kappa shape index (κ1) is 22.9. The largest absolute Gasteiger partial charge is 0.416 e. The number of amides is 1. The molecule has 1 amide bonds. The monoisotopic (exact) mass is 467 g/mol. The fraction of sp³-hybridized carbons (Fsp3) is 0.409. The molecule has 1 N–H and O–H groups in total. The van der Waals surface area contributed by atoms with Crippen molar-refractivity contribution in [3.8, 4) is 0 Å². The second-order valence-corrected chi connectivity index (χ2v) is 8.12. The summed E-state index contributed by atoms with van der Waals surface area (Å²) in [5.74, 6) is -2.45. The van der Waals surface area contributed by atoms with E-state index in [1.165, 1.54) is 11.8 Å². The van der Waals surface area contributed by atoms with Crippen molar-refractivity contribution in [2.45, 2.75) is 31.9 Å². The van der Waals surface area contributed by atoms with Crippen LogP contribution < -0.4 is 10.2 Å². The van der Waals surface area contributed by atoms with Gasteiger partial charge in [-0.1, -0.05) is 6.08 Å². The van der Waals surface area contributed by atoms with Crippen LogP contribution in [0.4, 0.5) is 39.4 Å². The second-order valence-electron chi connectivity index (χ2n) is 8.12. The number of pyridine rings is 2. The number of nitrogens with zero attached hydrogens (tertiary/aromatic N) is 4. The van der Waals surface area contributed by atoms with Gasteiger partial charge in [-0.05, 0) is 41.8 Å². The zero-order valence-electron chi connectivity index (χ0n) is 17.8. The molecule has 4 rings (SSSR count). The molecule has 0 atom stereocenters. The van der Waals surface area contributed by atoms with Gasteiger partial charge in [0.05, 0.1) is 12.1 Å². The van der Waals surface area contributed by atoms with Gasteiger partial charge in [-0.2, -0.15) is 13.2 Å². The Morgan fingerprint density at radius 1 is 1.15 bits per heavy atom. The predicted octanol–water partition coefficient (Wildman–Crippen LogP) is 4.72. The highest BCUT2D eigenvalue weighted by atomic mass is 19.4. The zero-order valence-corrected chi connectivity index (χ0v) is 17.8. The molecule has 2 aliphatic heterocycles. The van der Waals surface area contributed by atoms with Crippen molar-refractivity contribution in [2.24, 2.45) is 0 Å². The Labute approximate surface area is 187 Å². The van der Waals surface area contributed by atoms with E-state index in [0.717, 1.165) is 23.9 Å². The minimum atomic E-state index is -4.53. The Hall–Kier alpha value is -3.24. The maximum Gasteiger partial charge on any atom is 0.416 e. The summed E-state index contributed by atoms with van der Waals surface area (Å²) in [4.78, 5) is 23.0. The van der Waals surface area contributed by atoms with E-state index in [1.807, 2.05) is 6.08 Å². The number of hydrogen-bond acceptors (Lipinski definition) is 5. The summed E-state index contributed by atoms with van der Waals surface area (Å²) in [5.41, 5.74) is 0.741. The number of anilines is 3. The SMILES string of the molecule is CC(=O)N1CC=C(c2cc(Nc3cc(C(F)(F)F)ccn3)nc(N3CCC(F)(F)C3)c2)CC1. The molecule has 176 valence electrons. The fourth-order valence-corrected chi connectivity index (χ4v) is 3.88. The van der Waals surface area contributed by atoms with Crippen molar-refractivity contribution < 1.29 is 26.7 Å². The van der Waals surface area contributed by atoms with Gasteiger partial charge in [0.2, 0.25) is 5.91 Å². The standard InChI is InChI=1S/C22H22F5N5O/c1-14(33)31-7-3-15(4-8-31)16-10-19(29-18-12-17(2-6-28-18)22(25,26)27)30-20(11-16)32-9-5-21(23,24)13-32/h2-3,6,10-12H,4-5,7-9,13H2,1H3,(H,28,29,30). The topological polar surface area (TPSA) is 61.4 Å². The van der Waals surface area contributed by atoms with Gasteiger partial charge in [0.1, 0.15) is 17.5 Å². The number of carbonyl (C=O) groups is 1. The third-order valence-electron chi connectivity index (χ3n) is 5.67. The number of aromatic nitrogens is 2. The highest BCUT2D eigenvalue weighted by Crippen LogP contribution is 2.34. The van der Waals surface area contributed by atoms with Crippen LogP contribution in [-0.2, 0) is 11.0 Å². The minimum absolute atomic E-state index is 0.0435. The smallest absolute Gasteiger partial charge is 0.350 e. The first-order valence-electron chi connectivity index (χ1n) is 10.4. The van der Waals surface area contributed by atoms with Gasteiger partial charge in [-0.15, -0.1) is 0 Å². The predicted molar refractivity (Wildman–Crippen MR) is 113 cm³/mol. The lowest BCUT2D eigenvalue weighted by molar-refractivity contribution is -0.137. The van der Waals surface area contributed by atoms with Crippen molar-refractivity contribution >= 4 is 28.9 Å². The van der Waals surface area contributed by atoms with Gasteiger partial charge >= 0.3 is 6.18 Å². The van der Waals surface area contributed by atoms with Gasteiger partial charge in [-0.25, -0.2) is 18.7 Å². The summed E-state index contributed by atoms with van der Waals surface area (Å²) in [5, 5.41) is 2.78. The number of alkyl halides is 5. The molecule has 2 aliphatic rings. The molecule has 0 spiro atoms. The van der Waals surface area contributed by atoms with Crippen LogP contribution in [0, 0.1) is 0 Å². The molecule has 0 bridgehead atoms. The Morgan fingerprint density at radius 3 is 2.55 bits per heavy atom. The molecule has 6 nitrogen and oxygen atoms in total. The van der Waals surface area contributed by atoms with Crippen LogP contribution in [-0.4, -0.2) is 52.9 Å². The second kappa shape index (κ2) is 8.60. The highest BCUT2D eigenvalue weighted by molar-refractivity contribution is 5.77. The fourth-order valence-electron chi connectivity index (χ4n) is 3.88. The third kappa shape index (κ3) is 5.40. The Morgan fingerprint density at radius 2 is 1.94 bits per heavy atom. The van der Waals surface area contributed by atoms with E-state index < -0.39 is 24.2 Å². The van der Waals surface area contributed by atoms with Crippen molar-refractivity contribution in [3.05, 3.63) is 47.7 Å². The van der Waals surface area contributed by atoms with Crippen LogP contribution in [0.5, 0.6) is 0 Å². The molecule has 0 aliphatic carbocycles. The quantitative estimate of drug-likeness (QED) is 0.660.